The van der Waals surface area contributed by atoms with Crippen LogP contribution in [0.1, 0.15) is 19.4 Å². The molecule has 0 atom stereocenters. The maximum atomic E-state index is 10.5. The second-order valence-electron chi connectivity index (χ2n) is 3.54. The van der Waals surface area contributed by atoms with Crippen molar-refractivity contribution >= 4 is 12.0 Å². The third-order valence-electron chi connectivity index (χ3n) is 2.70. The molecular formula is C13H19NO2. The number of aldehydes is 1. The second kappa shape index (κ2) is 6.16. The number of benzene rings is 1. The molecule has 0 amide bonds. The van der Waals surface area contributed by atoms with Crippen molar-refractivity contribution in [2.24, 2.45) is 0 Å². The minimum atomic E-state index is 0.404. The van der Waals surface area contributed by atoms with Crippen molar-refractivity contribution in [2.45, 2.75) is 20.3 Å². The highest BCUT2D eigenvalue weighted by Gasteiger charge is 2.07. The van der Waals surface area contributed by atoms with Gasteiger partial charge in [0.25, 0.3) is 0 Å². The minimum absolute atomic E-state index is 0.404. The number of hydrogen-bond acceptors (Lipinski definition) is 3. The van der Waals surface area contributed by atoms with Gasteiger partial charge < -0.3 is 14.4 Å². The van der Waals surface area contributed by atoms with Crippen LogP contribution in [0.25, 0.3) is 0 Å². The number of anilines is 1. The Morgan fingerprint density at radius 1 is 1.31 bits per heavy atom. The van der Waals surface area contributed by atoms with Crippen LogP contribution in [0.4, 0.5) is 5.69 Å². The zero-order chi connectivity index (χ0) is 12.0. The van der Waals surface area contributed by atoms with Gasteiger partial charge in [-0.25, -0.2) is 0 Å². The van der Waals surface area contributed by atoms with E-state index in [4.69, 9.17) is 4.74 Å². The molecule has 0 aliphatic heterocycles. The summed E-state index contributed by atoms with van der Waals surface area (Å²) in [6.45, 7) is 6.17. The van der Waals surface area contributed by atoms with Crippen LogP contribution in [0.2, 0.25) is 0 Å². The van der Waals surface area contributed by atoms with E-state index in [0.29, 0.717) is 6.42 Å². The van der Waals surface area contributed by atoms with Crippen LogP contribution in [0.5, 0.6) is 5.75 Å². The summed E-state index contributed by atoms with van der Waals surface area (Å²) in [5.74, 6) is 0.788. The molecule has 0 unspecified atom stereocenters. The summed E-state index contributed by atoms with van der Waals surface area (Å²) >= 11 is 0. The Bertz CT molecular complexity index is 346. The molecule has 0 bridgehead atoms. The maximum absolute atomic E-state index is 10.5. The molecule has 0 radical (unpaired) electrons. The fourth-order valence-electron chi connectivity index (χ4n) is 1.78. The van der Waals surface area contributed by atoms with Gasteiger partial charge in [0.2, 0.25) is 0 Å². The van der Waals surface area contributed by atoms with Gasteiger partial charge in [-0.15, -0.1) is 0 Å². The minimum Gasteiger partial charge on any atom is -0.496 e. The third kappa shape index (κ3) is 2.75. The van der Waals surface area contributed by atoms with E-state index < -0.39 is 0 Å². The van der Waals surface area contributed by atoms with E-state index in [1.165, 1.54) is 0 Å². The lowest BCUT2D eigenvalue weighted by molar-refractivity contribution is -0.107. The van der Waals surface area contributed by atoms with Crippen LogP contribution in [0.3, 0.4) is 0 Å². The predicted molar refractivity (Wildman–Crippen MR) is 66.3 cm³/mol. The lowest BCUT2D eigenvalue weighted by Gasteiger charge is -2.22. The van der Waals surface area contributed by atoms with Crippen molar-refractivity contribution in [3.8, 4) is 5.75 Å². The number of hydrogen-bond donors (Lipinski definition) is 0. The van der Waals surface area contributed by atoms with Gasteiger partial charge >= 0.3 is 0 Å². The molecule has 0 N–H and O–H groups in total. The Labute approximate surface area is 97.0 Å². The molecule has 1 rings (SSSR count). The normalized spacial score (nSPS) is 9.94. The average molecular weight is 221 g/mol. The van der Waals surface area contributed by atoms with E-state index in [2.05, 4.69) is 18.7 Å². The topological polar surface area (TPSA) is 29.5 Å². The Morgan fingerprint density at radius 3 is 2.50 bits per heavy atom. The molecule has 16 heavy (non-hydrogen) atoms. The van der Waals surface area contributed by atoms with Gasteiger partial charge in [0, 0.05) is 36.8 Å². The van der Waals surface area contributed by atoms with Crippen molar-refractivity contribution < 1.29 is 9.53 Å². The smallest absolute Gasteiger partial charge is 0.124 e. The van der Waals surface area contributed by atoms with Gasteiger partial charge in [-0.1, -0.05) is 6.07 Å². The molecule has 0 aliphatic carbocycles. The first-order valence-electron chi connectivity index (χ1n) is 5.62. The van der Waals surface area contributed by atoms with Crippen molar-refractivity contribution in [3.05, 3.63) is 23.8 Å². The van der Waals surface area contributed by atoms with Crippen LogP contribution in [-0.4, -0.2) is 26.5 Å². The predicted octanol–water partition coefficient (Wildman–Crippen LogP) is 2.28. The van der Waals surface area contributed by atoms with Gasteiger partial charge in [-0.3, -0.25) is 0 Å². The summed E-state index contributed by atoms with van der Waals surface area (Å²) in [7, 11) is 1.63. The van der Waals surface area contributed by atoms with Gasteiger partial charge in [-0.2, -0.15) is 0 Å². The molecule has 0 saturated heterocycles. The van der Waals surface area contributed by atoms with E-state index in [1.807, 2.05) is 18.2 Å². The molecule has 88 valence electrons. The van der Waals surface area contributed by atoms with E-state index >= 15 is 0 Å². The summed E-state index contributed by atoms with van der Waals surface area (Å²) in [6.07, 6.45) is 1.30. The summed E-state index contributed by atoms with van der Waals surface area (Å²) in [5, 5.41) is 0. The van der Waals surface area contributed by atoms with Crippen LogP contribution >= 0.6 is 0 Å². The SMILES string of the molecule is CCN(CC)c1ccc(CC=O)c(OC)c1. The van der Waals surface area contributed by atoms with Crippen LogP contribution in [0.15, 0.2) is 18.2 Å². The van der Waals surface area contributed by atoms with Gasteiger partial charge in [0.05, 0.1) is 7.11 Å². The molecule has 3 heteroatoms. The fraction of sp³-hybridized carbons (Fsp3) is 0.462. The van der Waals surface area contributed by atoms with Crippen molar-refractivity contribution in [3.63, 3.8) is 0 Å². The Kier molecular flexibility index (Phi) is 4.83. The van der Waals surface area contributed by atoms with Crippen molar-refractivity contribution in [2.75, 3.05) is 25.1 Å². The molecule has 1 aromatic rings. The number of rotatable bonds is 6. The summed E-state index contributed by atoms with van der Waals surface area (Å²) < 4.78 is 5.29. The van der Waals surface area contributed by atoms with Crippen LogP contribution in [0, 0.1) is 0 Å². The van der Waals surface area contributed by atoms with Crippen molar-refractivity contribution in [1.82, 2.24) is 0 Å². The Balaban J connectivity index is 3.02. The number of carbonyl (C=O) groups excluding carboxylic acids is 1. The highest BCUT2D eigenvalue weighted by Crippen LogP contribution is 2.25. The van der Waals surface area contributed by atoms with Crippen LogP contribution in [-0.2, 0) is 11.2 Å². The van der Waals surface area contributed by atoms with E-state index in [1.54, 1.807) is 7.11 Å². The summed E-state index contributed by atoms with van der Waals surface area (Å²) in [6, 6.07) is 5.99. The fourth-order valence-corrected chi connectivity index (χ4v) is 1.78. The van der Waals surface area contributed by atoms with Gasteiger partial charge in [0.1, 0.15) is 12.0 Å². The zero-order valence-electron chi connectivity index (χ0n) is 10.2. The molecule has 0 saturated carbocycles. The third-order valence-corrected chi connectivity index (χ3v) is 2.70. The Hall–Kier alpha value is -1.51. The summed E-state index contributed by atoms with van der Waals surface area (Å²) in [5.41, 5.74) is 2.07. The lowest BCUT2D eigenvalue weighted by Crippen LogP contribution is -2.21. The monoisotopic (exact) mass is 221 g/mol. The molecule has 0 heterocycles. The second-order valence-corrected chi connectivity index (χ2v) is 3.54. The number of methoxy groups -OCH3 is 1. The largest absolute Gasteiger partial charge is 0.496 e. The maximum Gasteiger partial charge on any atom is 0.124 e. The molecule has 1 aromatic carbocycles. The van der Waals surface area contributed by atoms with E-state index in [-0.39, 0.29) is 0 Å². The first kappa shape index (κ1) is 12.6. The van der Waals surface area contributed by atoms with Gasteiger partial charge in [-0.05, 0) is 19.9 Å². The van der Waals surface area contributed by atoms with Gasteiger partial charge in [0.15, 0.2) is 0 Å². The molecular weight excluding hydrogens is 202 g/mol. The molecule has 0 aliphatic rings. The highest BCUT2D eigenvalue weighted by atomic mass is 16.5. The lowest BCUT2D eigenvalue weighted by atomic mass is 10.1. The standard InChI is InChI=1S/C13H19NO2/c1-4-14(5-2)12-7-6-11(8-9-15)13(10-12)16-3/h6-7,9-10H,4-5,8H2,1-3H3. The average Bonchev–Trinajstić information content (AvgIpc) is 2.32. The molecule has 3 nitrogen and oxygen atoms in total. The zero-order valence-corrected chi connectivity index (χ0v) is 10.2. The Morgan fingerprint density at radius 2 is 2.00 bits per heavy atom. The summed E-state index contributed by atoms with van der Waals surface area (Å²) in [4.78, 5) is 12.8. The van der Waals surface area contributed by atoms with E-state index in [9.17, 15) is 4.79 Å². The molecule has 0 fully saturated rings. The number of carbonyl (C=O) groups is 1. The van der Waals surface area contributed by atoms with Crippen molar-refractivity contribution in [1.29, 1.82) is 0 Å². The molecule has 0 aromatic heterocycles. The quantitative estimate of drug-likeness (QED) is 0.690. The van der Waals surface area contributed by atoms with Crippen LogP contribution < -0.4 is 9.64 Å². The first-order valence-corrected chi connectivity index (χ1v) is 5.62. The highest BCUT2D eigenvalue weighted by molar-refractivity contribution is 5.61. The molecule has 0 spiro atoms. The van der Waals surface area contributed by atoms with E-state index in [0.717, 1.165) is 36.4 Å². The first-order chi connectivity index (χ1) is 7.76. The number of nitrogens with zero attached hydrogens (tertiary/aromatic N) is 1. The number of ether oxygens (including phenoxy) is 1.